The van der Waals surface area contributed by atoms with Crippen molar-refractivity contribution < 1.29 is 4.58 Å². The molecule has 1 aliphatic rings. The molecule has 0 amide bonds. The van der Waals surface area contributed by atoms with E-state index in [1.807, 2.05) is 24.3 Å². The lowest BCUT2D eigenvalue weighted by molar-refractivity contribution is -0.463. The summed E-state index contributed by atoms with van der Waals surface area (Å²) in [4.78, 5) is 0. The van der Waals surface area contributed by atoms with E-state index in [0.29, 0.717) is 0 Å². The van der Waals surface area contributed by atoms with Crippen molar-refractivity contribution in [1.29, 1.82) is 0 Å². The Morgan fingerprint density at radius 3 is 2.92 bits per heavy atom. The maximum absolute atomic E-state index is 5.83. The van der Waals surface area contributed by atoms with Crippen molar-refractivity contribution in [1.82, 2.24) is 0 Å². The fourth-order valence-electron chi connectivity index (χ4n) is 1.55. The zero-order chi connectivity index (χ0) is 9.10. The Morgan fingerprint density at radius 2 is 2.23 bits per heavy atom. The summed E-state index contributed by atoms with van der Waals surface area (Å²) < 4.78 is 2.21. The van der Waals surface area contributed by atoms with Crippen LogP contribution in [0.5, 0.6) is 0 Å². The minimum atomic E-state index is 0.850. The summed E-state index contributed by atoms with van der Waals surface area (Å²) in [5.41, 5.74) is 7.79. The van der Waals surface area contributed by atoms with E-state index in [0.717, 1.165) is 17.8 Å². The quantitative estimate of drug-likeness (QED) is 0.391. The molecule has 1 saturated heterocycles. The maximum Gasteiger partial charge on any atom is 0.114 e. The monoisotopic (exact) mass is 174 g/mol. The second-order valence-corrected chi connectivity index (χ2v) is 3.32. The molecule has 2 rings (SSSR count). The van der Waals surface area contributed by atoms with Gasteiger partial charge in [-0.2, -0.15) is 0 Å². The molecule has 2 N–H and O–H groups in total. The third-order valence-electron chi connectivity index (χ3n) is 2.28. The van der Waals surface area contributed by atoms with Crippen LogP contribution in [0.1, 0.15) is 18.4 Å². The number of rotatable bonds is 1. The highest BCUT2D eigenvalue weighted by Gasteiger charge is 2.04. The van der Waals surface area contributed by atoms with Crippen LogP contribution in [0.3, 0.4) is 0 Å². The zero-order valence-electron chi connectivity index (χ0n) is 7.61. The predicted octanol–water partition coefficient (Wildman–Crippen LogP) is 1.66. The molecule has 68 valence electrons. The topological polar surface area (TPSA) is 29.0 Å². The second-order valence-electron chi connectivity index (χ2n) is 3.32. The van der Waals surface area contributed by atoms with E-state index in [9.17, 15) is 0 Å². The van der Waals surface area contributed by atoms with Gasteiger partial charge in [-0.25, -0.2) is 0 Å². The number of hydrogen-bond acceptors (Lipinski definition) is 1. The van der Waals surface area contributed by atoms with Gasteiger partial charge < -0.3 is 10.3 Å². The Kier molecular flexibility index (Phi) is 2.21. The van der Waals surface area contributed by atoms with Gasteiger partial charge in [0.2, 0.25) is 0 Å². The van der Waals surface area contributed by atoms with E-state index in [-0.39, 0.29) is 0 Å². The molecule has 13 heavy (non-hydrogen) atoms. The summed E-state index contributed by atoms with van der Waals surface area (Å²) in [7, 11) is 0. The molecule has 1 aromatic rings. The Balaban J connectivity index is 2.25. The number of nitrogen functional groups attached to an aromatic ring is 1. The Labute approximate surface area is 78.7 Å². The molecular formula is C11H14N2. The first kappa shape index (κ1) is 8.17. The molecule has 2 nitrogen and oxygen atoms in total. The number of anilines is 1. The van der Waals surface area contributed by atoms with Crippen LogP contribution in [-0.4, -0.2) is 17.3 Å². The molecule has 0 bridgehead atoms. The summed E-state index contributed by atoms with van der Waals surface area (Å²) in [6, 6.07) is 7.95. The second kappa shape index (κ2) is 3.52. The molecule has 0 saturated carbocycles. The lowest BCUT2D eigenvalue weighted by Gasteiger charge is -2.04. The third-order valence-corrected chi connectivity index (χ3v) is 2.28. The molecule has 1 fully saturated rings. The van der Waals surface area contributed by atoms with Crippen molar-refractivity contribution >= 4 is 11.9 Å². The number of para-hydroxylation sites is 1. The normalized spacial score (nSPS) is 18.9. The van der Waals surface area contributed by atoms with Crippen molar-refractivity contribution in [3.05, 3.63) is 36.4 Å². The van der Waals surface area contributed by atoms with Crippen LogP contribution in [0.4, 0.5) is 5.69 Å². The number of nitrogens with two attached hydrogens (primary N) is 1. The Morgan fingerprint density at radius 1 is 1.38 bits per heavy atom. The number of benzene rings is 1. The standard InChI is InChI=1S/C11H14N2/c12-11-6-2-1-5-10(11)9-13-7-3-4-8-13/h1-2,5-7,9H,3-4,8,12H2. The molecule has 1 aliphatic heterocycles. The molecule has 0 atom stereocenters. The maximum atomic E-state index is 5.83. The summed E-state index contributed by atoms with van der Waals surface area (Å²) >= 11 is 0. The Hall–Kier alpha value is -1.44. The van der Waals surface area contributed by atoms with E-state index in [1.165, 1.54) is 12.8 Å². The fraction of sp³-hybridized carbons (Fsp3) is 0.273. The van der Waals surface area contributed by atoms with Crippen molar-refractivity contribution in [3.8, 4) is 0 Å². The van der Waals surface area contributed by atoms with Crippen LogP contribution in [0.25, 0.3) is 0 Å². The molecule has 2 heteroatoms. The van der Waals surface area contributed by atoms with E-state index >= 15 is 0 Å². The van der Waals surface area contributed by atoms with Crippen LogP contribution in [0, 0.1) is 6.54 Å². The first-order valence-electron chi connectivity index (χ1n) is 4.65. The fourth-order valence-corrected chi connectivity index (χ4v) is 1.55. The lowest BCUT2D eigenvalue weighted by atomic mass is 10.2. The van der Waals surface area contributed by atoms with Crippen LogP contribution in [-0.2, 0) is 0 Å². The van der Waals surface area contributed by atoms with Crippen molar-refractivity contribution in [3.63, 3.8) is 0 Å². The average molecular weight is 174 g/mol. The molecule has 0 aliphatic carbocycles. The van der Waals surface area contributed by atoms with E-state index < -0.39 is 0 Å². The third kappa shape index (κ3) is 1.83. The average Bonchev–Trinajstić information content (AvgIpc) is 2.61. The summed E-state index contributed by atoms with van der Waals surface area (Å²) in [5, 5.41) is 0. The predicted molar refractivity (Wildman–Crippen MR) is 54.7 cm³/mol. The lowest BCUT2D eigenvalue weighted by Crippen LogP contribution is -2.06. The number of nitrogens with zero attached hydrogens (tertiary/aromatic N) is 1. The van der Waals surface area contributed by atoms with Crippen LogP contribution < -0.4 is 5.73 Å². The van der Waals surface area contributed by atoms with E-state index in [4.69, 9.17) is 5.73 Å². The summed E-state index contributed by atoms with van der Waals surface area (Å²) in [6.07, 6.45) is 4.55. The van der Waals surface area contributed by atoms with Gasteiger partial charge in [0.25, 0.3) is 0 Å². The molecule has 0 radical (unpaired) electrons. The van der Waals surface area contributed by atoms with Gasteiger partial charge in [-0.3, -0.25) is 0 Å². The van der Waals surface area contributed by atoms with Crippen molar-refractivity contribution in [2.24, 2.45) is 0 Å². The van der Waals surface area contributed by atoms with Gasteiger partial charge in [0.15, 0.2) is 0 Å². The van der Waals surface area contributed by atoms with Crippen molar-refractivity contribution in [2.45, 2.75) is 12.8 Å². The largest absolute Gasteiger partial charge is 0.399 e. The van der Waals surface area contributed by atoms with Gasteiger partial charge in [0.05, 0.1) is 0 Å². The SMILES string of the molecule is Nc1ccccc1C=[N+]1[CH-]CCC1. The van der Waals surface area contributed by atoms with Crippen LogP contribution in [0.15, 0.2) is 24.3 Å². The molecular weight excluding hydrogens is 160 g/mol. The van der Waals surface area contributed by atoms with Crippen molar-refractivity contribution in [2.75, 3.05) is 12.3 Å². The van der Waals surface area contributed by atoms with Gasteiger partial charge in [0.1, 0.15) is 6.54 Å². The molecule has 0 aromatic heterocycles. The highest BCUT2D eigenvalue weighted by Crippen LogP contribution is 2.10. The highest BCUT2D eigenvalue weighted by atomic mass is 15.0. The van der Waals surface area contributed by atoms with Gasteiger partial charge >= 0.3 is 0 Å². The van der Waals surface area contributed by atoms with Crippen LogP contribution in [0.2, 0.25) is 0 Å². The van der Waals surface area contributed by atoms with Crippen LogP contribution >= 0.6 is 0 Å². The molecule has 0 spiro atoms. The summed E-state index contributed by atoms with van der Waals surface area (Å²) in [6.45, 7) is 3.33. The van der Waals surface area contributed by atoms with Gasteiger partial charge in [-0.15, -0.1) is 0 Å². The summed E-state index contributed by atoms with van der Waals surface area (Å²) in [5.74, 6) is 0. The minimum Gasteiger partial charge on any atom is -0.399 e. The smallest absolute Gasteiger partial charge is 0.114 e. The molecule has 1 aromatic carbocycles. The first-order valence-corrected chi connectivity index (χ1v) is 4.65. The van der Waals surface area contributed by atoms with Gasteiger partial charge in [-0.05, 0) is 24.5 Å². The molecule has 0 unspecified atom stereocenters. The van der Waals surface area contributed by atoms with Gasteiger partial charge in [-0.1, -0.05) is 18.2 Å². The first-order chi connectivity index (χ1) is 6.36. The minimum absolute atomic E-state index is 0.850. The molecule has 1 heterocycles. The number of hydrogen-bond donors (Lipinski definition) is 1. The Bertz CT molecular complexity index is 321. The van der Waals surface area contributed by atoms with Gasteiger partial charge in [0, 0.05) is 18.4 Å². The van der Waals surface area contributed by atoms with E-state index in [1.54, 1.807) is 0 Å². The zero-order valence-corrected chi connectivity index (χ0v) is 7.61. The highest BCUT2D eigenvalue weighted by molar-refractivity contribution is 5.83. The van der Waals surface area contributed by atoms with E-state index in [2.05, 4.69) is 17.3 Å².